The van der Waals surface area contributed by atoms with Crippen LogP contribution in [0.15, 0.2) is 0 Å². The average Bonchev–Trinajstić information content (AvgIpc) is 1.58. The van der Waals surface area contributed by atoms with Crippen molar-refractivity contribution >= 4 is 0 Å². The molecule has 0 saturated heterocycles. The molecule has 11 heavy (non-hydrogen) atoms. The molecule has 1 nitrogen and oxygen atoms in total. The lowest BCUT2D eigenvalue weighted by molar-refractivity contribution is -0.351. The van der Waals surface area contributed by atoms with E-state index in [2.05, 4.69) is 0 Å². The summed E-state index contributed by atoms with van der Waals surface area (Å²) in [6.07, 6.45) is -5.23. The first kappa shape index (κ1) is 10.7. The minimum Gasteiger partial charge on any atom is -0.354 e. The highest BCUT2D eigenvalue weighted by atomic mass is 19.4. The summed E-state index contributed by atoms with van der Waals surface area (Å²) in [4.78, 5) is 0. The first-order valence-electron chi connectivity index (χ1n) is 2.98. The fraction of sp³-hybridized carbons (Fsp3) is 1.00. The number of rotatable bonds is 0. The zero-order chi connectivity index (χ0) is 9.50. The van der Waals surface area contributed by atoms with Gasteiger partial charge in [0.25, 0.3) is 0 Å². The maximum atomic E-state index is 12.5. The molecule has 0 aliphatic carbocycles. The Balaban J connectivity index is 4.75. The molecule has 0 aromatic rings. The van der Waals surface area contributed by atoms with Crippen LogP contribution in [0.2, 0.25) is 0 Å². The molecule has 0 aliphatic rings. The van der Waals surface area contributed by atoms with Crippen molar-refractivity contribution in [3.63, 3.8) is 0 Å². The molecule has 0 saturated carbocycles. The van der Waals surface area contributed by atoms with Crippen molar-refractivity contribution in [1.82, 2.24) is 0 Å². The van der Waals surface area contributed by atoms with Crippen LogP contribution >= 0.6 is 0 Å². The van der Waals surface area contributed by atoms with Gasteiger partial charge in [0.15, 0.2) is 0 Å². The zero-order valence-electron chi connectivity index (χ0n) is 6.46. The quantitative estimate of drug-likeness (QED) is 0.558. The first-order valence-corrected chi connectivity index (χ1v) is 2.98. The van der Waals surface area contributed by atoms with E-state index in [9.17, 15) is 17.6 Å². The van der Waals surface area contributed by atoms with Crippen LogP contribution in [0.1, 0.15) is 20.8 Å². The van der Waals surface area contributed by atoms with E-state index in [1.807, 2.05) is 0 Å². The summed E-state index contributed by atoms with van der Waals surface area (Å²) >= 11 is 0. The highest BCUT2D eigenvalue weighted by molar-refractivity contribution is 4.87. The second-order valence-electron chi connectivity index (χ2n) is 3.37. The normalized spacial score (nSPS) is 19.6. The van der Waals surface area contributed by atoms with Gasteiger partial charge in [0.1, 0.15) is 0 Å². The van der Waals surface area contributed by atoms with Gasteiger partial charge < -0.3 is 5.11 Å². The maximum absolute atomic E-state index is 12.5. The van der Waals surface area contributed by atoms with E-state index in [1.54, 1.807) is 0 Å². The minimum atomic E-state index is -5.23. The van der Waals surface area contributed by atoms with Gasteiger partial charge in [-0.05, 0) is 0 Å². The Morgan fingerprint density at radius 1 is 0.909 bits per heavy atom. The molecule has 68 valence electrons. The van der Waals surface area contributed by atoms with E-state index in [0.717, 1.165) is 20.8 Å². The molecule has 0 bridgehead atoms. The third-order valence-corrected chi connectivity index (χ3v) is 1.37. The van der Waals surface area contributed by atoms with Crippen LogP contribution in [0, 0.1) is 5.41 Å². The monoisotopic (exact) mass is 174 g/mol. The molecule has 1 N–H and O–H groups in total. The topological polar surface area (TPSA) is 20.2 Å². The smallest absolute Gasteiger partial charge is 0.354 e. The van der Waals surface area contributed by atoms with Gasteiger partial charge in [-0.2, -0.15) is 13.2 Å². The molecule has 0 rings (SSSR count). The first-order chi connectivity index (χ1) is 4.50. The van der Waals surface area contributed by atoms with Crippen molar-refractivity contribution < 1.29 is 22.7 Å². The van der Waals surface area contributed by atoms with Crippen LogP contribution < -0.4 is 0 Å². The predicted octanol–water partition coefficient (Wildman–Crippen LogP) is 2.25. The van der Waals surface area contributed by atoms with E-state index in [-0.39, 0.29) is 0 Å². The van der Waals surface area contributed by atoms with Crippen LogP contribution in [-0.4, -0.2) is 17.1 Å². The highest BCUT2D eigenvalue weighted by Gasteiger charge is 2.62. The fourth-order valence-electron chi connectivity index (χ4n) is 0.425. The van der Waals surface area contributed by atoms with E-state index in [4.69, 9.17) is 5.11 Å². The van der Waals surface area contributed by atoms with Crippen molar-refractivity contribution in [1.29, 1.82) is 0 Å². The Morgan fingerprint density at radius 3 is 1.18 bits per heavy atom. The molecular formula is C6H10F4O. The third-order valence-electron chi connectivity index (χ3n) is 1.37. The summed E-state index contributed by atoms with van der Waals surface area (Å²) < 4.78 is 47.6. The van der Waals surface area contributed by atoms with E-state index >= 15 is 0 Å². The molecule has 1 unspecified atom stereocenters. The fourth-order valence-corrected chi connectivity index (χ4v) is 0.425. The highest BCUT2D eigenvalue weighted by Crippen LogP contribution is 2.44. The zero-order valence-corrected chi connectivity index (χ0v) is 6.46. The van der Waals surface area contributed by atoms with Gasteiger partial charge in [0, 0.05) is 5.41 Å². The Hall–Kier alpha value is -0.320. The van der Waals surface area contributed by atoms with Crippen molar-refractivity contribution in [2.24, 2.45) is 5.41 Å². The molecule has 5 heteroatoms. The molecule has 0 aliphatic heterocycles. The van der Waals surface area contributed by atoms with Gasteiger partial charge in [-0.1, -0.05) is 20.8 Å². The van der Waals surface area contributed by atoms with Gasteiger partial charge in [-0.15, -0.1) is 0 Å². The largest absolute Gasteiger partial charge is 0.448 e. The Bertz CT molecular complexity index is 126. The predicted molar refractivity (Wildman–Crippen MR) is 31.6 cm³/mol. The van der Waals surface area contributed by atoms with Crippen LogP contribution in [-0.2, 0) is 0 Å². The molecule has 0 spiro atoms. The molecule has 0 fully saturated rings. The lowest BCUT2D eigenvalue weighted by Crippen LogP contribution is -2.51. The molecule has 1 atom stereocenters. The molecule has 0 aromatic carbocycles. The third kappa shape index (κ3) is 1.83. The summed E-state index contributed by atoms with van der Waals surface area (Å²) in [5.74, 6) is -4.12. The van der Waals surface area contributed by atoms with Gasteiger partial charge in [-0.3, -0.25) is 0 Å². The average molecular weight is 174 g/mol. The molecule has 0 amide bonds. The van der Waals surface area contributed by atoms with E-state index < -0.39 is 17.4 Å². The number of hydrogen-bond donors (Lipinski definition) is 1. The lowest BCUT2D eigenvalue weighted by Gasteiger charge is -2.33. The Kier molecular flexibility index (Phi) is 2.27. The maximum Gasteiger partial charge on any atom is 0.448 e. The van der Waals surface area contributed by atoms with Crippen LogP contribution in [0.5, 0.6) is 0 Å². The van der Waals surface area contributed by atoms with Crippen LogP contribution in [0.25, 0.3) is 0 Å². The second-order valence-corrected chi connectivity index (χ2v) is 3.37. The number of halogens is 4. The van der Waals surface area contributed by atoms with Crippen molar-refractivity contribution in [3.05, 3.63) is 0 Å². The van der Waals surface area contributed by atoms with Gasteiger partial charge in [0.2, 0.25) is 0 Å². The molecular weight excluding hydrogens is 164 g/mol. The molecule has 0 aromatic heterocycles. The van der Waals surface area contributed by atoms with Crippen molar-refractivity contribution in [2.45, 2.75) is 32.8 Å². The van der Waals surface area contributed by atoms with E-state index in [0.29, 0.717) is 0 Å². The summed E-state index contributed by atoms with van der Waals surface area (Å²) in [5.41, 5.74) is -1.86. The minimum absolute atomic E-state index is 0.973. The van der Waals surface area contributed by atoms with Gasteiger partial charge in [-0.25, -0.2) is 4.39 Å². The van der Waals surface area contributed by atoms with Crippen LogP contribution in [0.3, 0.4) is 0 Å². The molecule has 0 heterocycles. The van der Waals surface area contributed by atoms with Crippen LogP contribution in [0.4, 0.5) is 17.6 Å². The summed E-state index contributed by atoms with van der Waals surface area (Å²) in [6, 6.07) is 0. The number of alkyl halides is 4. The summed E-state index contributed by atoms with van der Waals surface area (Å²) in [7, 11) is 0. The number of aliphatic hydroxyl groups is 1. The molecule has 0 radical (unpaired) electrons. The lowest BCUT2D eigenvalue weighted by atomic mass is 9.86. The van der Waals surface area contributed by atoms with Gasteiger partial charge >= 0.3 is 12.0 Å². The van der Waals surface area contributed by atoms with Gasteiger partial charge in [0.05, 0.1) is 0 Å². The summed E-state index contributed by atoms with van der Waals surface area (Å²) in [5, 5.41) is 8.40. The number of hydrogen-bond acceptors (Lipinski definition) is 1. The van der Waals surface area contributed by atoms with E-state index in [1.165, 1.54) is 0 Å². The standard InChI is InChI=1S/C6H10F4O/c1-4(2,3)5(7,11)6(8,9)10/h11H,1-3H3. The van der Waals surface area contributed by atoms with Crippen molar-refractivity contribution in [2.75, 3.05) is 0 Å². The Labute approximate surface area is 62.0 Å². The summed E-state index contributed by atoms with van der Waals surface area (Å²) in [6.45, 7) is 2.92. The van der Waals surface area contributed by atoms with Crippen molar-refractivity contribution in [3.8, 4) is 0 Å². The Morgan fingerprint density at radius 2 is 1.18 bits per heavy atom. The second kappa shape index (κ2) is 2.33. The SMILES string of the molecule is CC(C)(C)C(O)(F)C(F)(F)F.